The lowest BCUT2D eigenvalue weighted by Gasteiger charge is -2.30. The average Bonchev–Trinajstić information content (AvgIpc) is 3.52. The van der Waals surface area contributed by atoms with E-state index >= 15 is 0 Å². The highest BCUT2D eigenvalue weighted by molar-refractivity contribution is 5.95. The zero-order valence-electron chi connectivity index (χ0n) is 21.5. The second-order valence-electron chi connectivity index (χ2n) is 9.92. The van der Waals surface area contributed by atoms with Gasteiger partial charge >= 0.3 is 11.9 Å². The summed E-state index contributed by atoms with van der Waals surface area (Å²) in [5, 5.41) is 24.6. The van der Waals surface area contributed by atoms with E-state index in [1.54, 1.807) is 20.0 Å². The van der Waals surface area contributed by atoms with Crippen molar-refractivity contribution in [3.63, 3.8) is 0 Å². The van der Waals surface area contributed by atoms with Crippen LogP contribution < -0.4 is 16.4 Å². The summed E-state index contributed by atoms with van der Waals surface area (Å²) < 4.78 is 0. The van der Waals surface area contributed by atoms with Gasteiger partial charge in [0.1, 0.15) is 18.1 Å². The van der Waals surface area contributed by atoms with E-state index in [2.05, 4.69) is 15.6 Å². The molecular weight excluding hydrogens is 494 g/mol. The molecule has 0 saturated carbocycles. The van der Waals surface area contributed by atoms with Gasteiger partial charge in [-0.15, -0.1) is 0 Å². The molecule has 1 fully saturated rings. The molecule has 3 amide bonds. The van der Waals surface area contributed by atoms with E-state index in [0.29, 0.717) is 12.8 Å². The Morgan fingerprint density at radius 1 is 1.11 bits per heavy atom. The van der Waals surface area contributed by atoms with Crippen LogP contribution in [0.5, 0.6) is 0 Å². The largest absolute Gasteiger partial charge is 0.481 e. The fourth-order valence-electron chi connectivity index (χ4n) is 4.67. The van der Waals surface area contributed by atoms with Crippen LogP contribution in [0.2, 0.25) is 0 Å². The molecule has 206 valence electrons. The number of amides is 3. The topological polar surface area (TPSA) is 195 Å². The molecule has 1 saturated heterocycles. The molecule has 1 aromatic carbocycles. The molecule has 38 heavy (non-hydrogen) atoms. The van der Waals surface area contributed by atoms with Crippen molar-refractivity contribution in [1.82, 2.24) is 20.5 Å². The number of para-hydroxylation sites is 1. The first-order chi connectivity index (χ1) is 18.0. The molecule has 2 heterocycles. The van der Waals surface area contributed by atoms with Crippen LogP contribution in [-0.2, 0) is 30.4 Å². The minimum Gasteiger partial charge on any atom is -0.481 e. The summed E-state index contributed by atoms with van der Waals surface area (Å²) in [5.41, 5.74) is 7.43. The number of carboxylic acids is 2. The van der Waals surface area contributed by atoms with Crippen molar-refractivity contribution in [2.45, 2.75) is 70.1 Å². The number of hydrogen-bond donors (Lipinski definition) is 6. The number of rotatable bonds is 12. The number of nitrogens with zero attached hydrogens (tertiary/aromatic N) is 1. The number of fused-ring (bicyclic) bond motifs is 1. The molecule has 12 nitrogen and oxygen atoms in total. The minimum absolute atomic E-state index is 0.0964. The maximum atomic E-state index is 13.6. The monoisotopic (exact) mass is 529 g/mol. The Labute approximate surface area is 219 Å². The molecule has 4 atom stereocenters. The van der Waals surface area contributed by atoms with Gasteiger partial charge in [0.05, 0.1) is 6.04 Å². The number of aromatic nitrogens is 1. The van der Waals surface area contributed by atoms with Crippen molar-refractivity contribution in [1.29, 1.82) is 0 Å². The molecule has 1 aliphatic rings. The summed E-state index contributed by atoms with van der Waals surface area (Å²) in [5.74, 6) is -4.39. The first-order valence-electron chi connectivity index (χ1n) is 12.7. The van der Waals surface area contributed by atoms with E-state index in [-0.39, 0.29) is 31.7 Å². The van der Waals surface area contributed by atoms with E-state index in [1.807, 2.05) is 24.3 Å². The number of carboxylic acid groups (broad SMARTS) is 2. The Morgan fingerprint density at radius 2 is 1.82 bits per heavy atom. The Bertz CT molecular complexity index is 1190. The summed E-state index contributed by atoms with van der Waals surface area (Å²) in [4.78, 5) is 66.5. The molecule has 2 aromatic rings. The fourth-order valence-corrected chi connectivity index (χ4v) is 4.67. The third-order valence-corrected chi connectivity index (χ3v) is 6.79. The molecule has 1 aromatic heterocycles. The average molecular weight is 530 g/mol. The van der Waals surface area contributed by atoms with Gasteiger partial charge < -0.3 is 36.5 Å². The second-order valence-corrected chi connectivity index (χ2v) is 9.92. The minimum atomic E-state index is -1.12. The van der Waals surface area contributed by atoms with Crippen LogP contribution in [-0.4, -0.2) is 80.5 Å². The normalized spacial score (nSPS) is 17.7. The van der Waals surface area contributed by atoms with Gasteiger partial charge in [0.15, 0.2) is 0 Å². The highest BCUT2D eigenvalue weighted by Gasteiger charge is 2.39. The van der Waals surface area contributed by atoms with Gasteiger partial charge in [-0.05, 0) is 36.8 Å². The van der Waals surface area contributed by atoms with Crippen molar-refractivity contribution in [2.75, 3.05) is 6.54 Å². The van der Waals surface area contributed by atoms with Crippen molar-refractivity contribution >= 4 is 40.6 Å². The summed E-state index contributed by atoms with van der Waals surface area (Å²) in [6.07, 6.45) is 2.33. The molecule has 3 rings (SSSR count). The Balaban J connectivity index is 1.83. The van der Waals surface area contributed by atoms with Crippen LogP contribution in [0.3, 0.4) is 0 Å². The van der Waals surface area contributed by atoms with Crippen LogP contribution in [0.1, 0.15) is 45.1 Å². The van der Waals surface area contributed by atoms with Gasteiger partial charge in [-0.25, -0.2) is 4.79 Å². The maximum Gasteiger partial charge on any atom is 0.326 e. The molecule has 0 spiro atoms. The van der Waals surface area contributed by atoms with Crippen LogP contribution in [0.15, 0.2) is 30.5 Å². The van der Waals surface area contributed by atoms with E-state index < -0.39 is 53.8 Å². The fraction of sp³-hybridized carbons (Fsp3) is 0.500. The van der Waals surface area contributed by atoms with E-state index in [9.17, 15) is 29.1 Å². The Hall–Kier alpha value is -3.93. The lowest BCUT2D eigenvalue weighted by Crippen LogP contribution is -2.58. The van der Waals surface area contributed by atoms with Gasteiger partial charge in [-0.3, -0.25) is 19.2 Å². The number of hydrogen-bond acceptors (Lipinski definition) is 6. The number of nitrogens with two attached hydrogens (primary N) is 1. The zero-order valence-corrected chi connectivity index (χ0v) is 21.5. The van der Waals surface area contributed by atoms with E-state index in [1.165, 1.54) is 4.90 Å². The number of likely N-dealkylation sites (tertiary alicyclic amines) is 1. The first kappa shape index (κ1) is 28.6. The maximum absolute atomic E-state index is 13.6. The van der Waals surface area contributed by atoms with Crippen molar-refractivity contribution < 1.29 is 34.2 Å². The van der Waals surface area contributed by atoms with Crippen LogP contribution in [0, 0.1) is 5.92 Å². The molecule has 12 heteroatoms. The van der Waals surface area contributed by atoms with Crippen LogP contribution in [0.4, 0.5) is 0 Å². The van der Waals surface area contributed by atoms with Gasteiger partial charge in [0.25, 0.3) is 0 Å². The highest BCUT2D eigenvalue weighted by Crippen LogP contribution is 2.23. The summed E-state index contributed by atoms with van der Waals surface area (Å²) in [7, 11) is 0. The van der Waals surface area contributed by atoms with Crippen molar-refractivity contribution in [2.24, 2.45) is 11.7 Å². The van der Waals surface area contributed by atoms with E-state index in [4.69, 9.17) is 10.8 Å². The number of nitrogens with one attached hydrogen (secondary N) is 3. The quantitative estimate of drug-likeness (QED) is 0.230. The smallest absolute Gasteiger partial charge is 0.326 e. The predicted octanol–water partition coefficient (Wildman–Crippen LogP) is 0.604. The Kier molecular flexibility index (Phi) is 9.45. The highest BCUT2D eigenvalue weighted by atomic mass is 16.4. The third kappa shape index (κ3) is 6.88. The lowest BCUT2D eigenvalue weighted by molar-refractivity contribution is -0.149. The molecule has 1 aliphatic heterocycles. The number of benzene rings is 1. The summed E-state index contributed by atoms with van der Waals surface area (Å²) >= 11 is 0. The predicted molar refractivity (Wildman–Crippen MR) is 138 cm³/mol. The molecule has 0 radical (unpaired) electrons. The van der Waals surface area contributed by atoms with Crippen molar-refractivity contribution in [3.8, 4) is 0 Å². The number of aliphatic carboxylic acids is 2. The lowest BCUT2D eigenvalue weighted by atomic mass is 9.99. The van der Waals surface area contributed by atoms with E-state index in [0.717, 1.165) is 16.5 Å². The third-order valence-electron chi connectivity index (χ3n) is 6.79. The molecule has 4 unspecified atom stereocenters. The Morgan fingerprint density at radius 3 is 2.47 bits per heavy atom. The molecule has 0 bridgehead atoms. The second kappa shape index (κ2) is 12.5. The molecule has 7 N–H and O–H groups in total. The number of carbonyl (C=O) groups is 5. The van der Waals surface area contributed by atoms with Gasteiger partial charge in [0.2, 0.25) is 17.7 Å². The number of aromatic amines is 1. The first-order valence-corrected chi connectivity index (χ1v) is 12.7. The van der Waals surface area contributed by atoms with Gasteiger partial charge in [-0.1, -0.05) is 32.0 Å². The number of H-pyrrole nitrogens is 1. The van der Waals surface area contributed by atoms with Gasteiger partial charge in [-0.2, -0.15) is 0 Å². The van der Waals surface area contributed by atoms with Crippen LogP contribution >= 0.6 is 0 Å². The van der Waals surface area contributed by atoms with Crippen LogP contribution in [0.25, 0.3) is 10.9 Å². The molecular formula is C26H35N5O7. The van der Waals surface area contributed by atoms with Gasteiger partial charge in [0, 0.05) is 36.5 Å². The van der Waals surface area contributed by atoms with Crippen molar-refractivity contribution in [3.05, 3.63) is 36.0 Å². The number of carbonyl (C=O) groups excluding carboxylic acids is 3. The SMILES string of the molecule is CC(C)C(NC(=O)C(N)CCC(=O)O)C(=O)NC(Cc1c[nH]c2ccccc12)C(=O)N1CCCC1C(=O)O. The summed E-state index contributed by atoms with van der Waals surface area (Å²) in [6, 6.07) is 3.26. The summed E-state index contributed by atoms with van der Waals surface area (Å²) in [6.45, 7) is 3.69. The molecule has 0 aliphatic carbocycles. The zero-order chi connectivity index (χ0) is 28.0. The standard InChI is InChI=1S/C26H35N5O7/c1-14(2)22(30-23(34)17(27)9-10-21(32)33)24(35)29-19(25(36)31-11-5-8-20(31)26(37)38)12-15-13-28-18-7-4-3-6-16(15)18/h3-4,6-7,13-14,17,19-20,22,28H,5,8-12,27H2,1-2H3,(H,29,35)(H,30,34)(H,32,33)(H,37,38).